The molecule has 0 aromatic rings. The molecule has 0 saturated carbocycles. The van der Waals surface area contributed by atoms with Crippen LogP contribution in [0.5, 0.6) is 0 Å². The molecule has 0 aromatic heterocycles. The molecule has 0 aromatic carbocycles. The number of aliphatic carboxylic acids is 1. The van der Waals surface area contributed by atoms with E-state index in [0.29, 0.717) is 0 Å². The second-order valence-electron chi connectivity index (χ2n) is 5.76. The zero-order valence-corrected chi connectivity index (χ0v) is 12.1. The van der Waals surface area contributed by atoms with Crippen molar-refractivity contribution in [1.29, 1.82) is 0 Å². The maximum Gasteiger partial charge on any atom is 0.323 e. The lowest BCUT2D eigenvalue weighted by Gasteiger charge is -2.37. The van der Waals surface area contributed by atoms with Gasteiger partial charge in [-0.1, -0.05) is 0 Å². The average molecular weight is 274 g/mol. The van der Waals surface area contributed by atoms with Crippen LogP contribution in [0.4, 0.5) is 0 Å². The summed E-state index contributed by atoms with van der Waals surface area (Å²) in [5.74, 6) is -2.82. The molecule has 2 atom stereocenters. The third-order valence-electron chi connectivity index (χ3n) is 2.47. The summed E-state index contributed by atoms with van der Waals surface area (Å²) < 4.78 is 5.35. The van der Waals surface area contributed by atoms with Crippen molar-refractivity contribution in [1.82, 2.24) is 0 Å². The number of nitrogens with zero attached hydrogens (tertiary/aromatic N) is 1. The summed E-state index contributed by atoms with van der Waals surface area (Å²) >= 11 is 0. The highest BCUT2D eigenvalue weighted by Crippen LogP contribution is 2.21. The minimum absolute atomic E-state index is 0.0226. The number of quaternary nitrogens is 1. The van der Waals surface area contributed by atoms with E-state index in [1.54, 1.807) is 21.1 Å². The molecule has 0 unspecified atom stereocenters. The molecule has 0 aliphatic heterocycles. The van der Waals surface area contributed by atoms with Crippen molar-refractivity contribution >= 4 is 17.7 Å². The predicted octanol–water partition coefficient (Wildman–Crippen LogP) is -1.95. The fraction of sp³-hybridized carbons (Fsp3) is 0.750. The molecular weight excluding hydrogens is 252 g/mol. The summed E-state index contributed by atoms with van der Waals surface area (Å²) in [5.41, 5.74) is 3.64. The Balaban J connectivity index is 5.44. The van der Waals surface area contributed by atoms with E-state index in [4.69, 9.17) is 10.5 Å². The van der Waals surface area contributed by atoms with Gasteiger partial charge in [-0.25, -0.2) is 0 Å². The van der Waals surface area contributed by atoms with E-state index in [2.05, 4.69) is 0 Å². The van der Waals surface area contributed by atoms with Crippen molar-refractivity contribution in [3.8, 4) is 0 Å². The molecule has 0 spiro atoms. The zero-order valence-electron chi connectivity index (χ0n) is 12.1. The number of nitrogens with two attached hydrogens (primary N) is 1. The van der Waals surface area contributed by atoms with E-state index < -0.39 is 35.8 Å². The molecule has 0 saturated heterocycles. The number of likely N-dealkylation sites (N-methyl/N-ethyl adjacent to an activating group) is 1. The molecule has 0 aliphatic rings. The summed E-state index contributed by atoms with van der Waals surface area (Å²) in [6.45, 7) is 2.61. The van der Waals surface area contributed by atoms with Gasteiger partial charge in [-0.15, -0.1) is 0 Å². The third kappa shape index (κ3) is 5.80. The van der Waals surface area contributed by atoms with E-state index in [1.807, 2.05) is 0 Å². The highest BCUT2D eigenvalue weighted by Gasteiger charge is 2.45. The number of carbonyl (C=O) groups is 3. The van der Waals surface area contributed by atoms with Gasteiger partial charge in [-0.05, 0) is 13.8 Å². The molecule has 0 radical (unpaired) electrons. The number of ketones is 1. The van der Waals surface area contributed by atoms with Crippen molar-refractivity contribution in [3.63, 3.8) is 0 Å². The van der Waals surface area contributed by atoms with Crippen LogP contribution in [0.2, 0.25) is 0 Å². The lowest BCUT2D eigenvalue weighted by Crippen LogP contribution is -2.58. The summed E-state index contributed by atoms with van der Waals surface area (Å²) in [7, 11) is 5.27. The summed E-state index contributed by atoms with van der Waals surface area (Å²) in [6, 6.07) is -0.937. The summed E-state index contributed by atoms with van der Waals surface area (Å²) in [4.78, 5) is 34.3. The SMILES string of the molecule is CC(=O)[C@@](CC(=O)[O-])(C[N+](C)(C)C)OC(=O)[C@H](C)N. The van der Waals surface area contributed by atoms with Crippen molar-refractivity contribution < 1.29 is 28.7 Å². The first-order valence-corrected chi connectivity index (χ1v) is 5.89. The summed E-state index contributed by atoms with van der Waals surface area (Å²) in [5, 5.41) is 10.9. The van der Waals surface area contributed by atoms with Crippen molar-refractivity contribution in [2.45, 2.75) is 31.9 Å². The first-order valence-electron chi connectivity index (χ1n) is 5.89. The Morgan fingerprint density at radius 2 is 1.79 bits per heavy atom. The largest absolute Gasteiger partial charge is 0.550 e. The van der Waals surface area contributed by atoms with Crippen LogP contribution in [0.3, 0.4) is 0 Å². The van der Waals surface area contributed by atoms with Gasteiger partial charge in [-0.2, -0.15) is 0 Å². The lowest BCUT2D eigenvalue weighted by atomic mass is 9.93. The number of rotatable bonds is 7. The summed E-state index contributed by atoms with van der Waals surface area (Å²) in [6.07, 6.45) is -0.684. The first kappa shape index (κ1) is 17.5. The van der Waals surface area contributed by atoms with Crippen molar-refractivity contribution in [2.24, 2.45) is 5.73 Å². The maximum absolute atomic E-state index is 11.8. The van der Waals surface area contributed by atoms with E-state index >= 15 is 0 Å². The van der Waals surface area contributed by atoms with Gasteiger partial charge in [0, 0.05) is 12.4 Å². The highest BCUT2D eigenvalue weighted by molar-refractivity contribution is 5.92. The molecule has 0 aliphatic carbocycles. The Hall–Kier alpha value is -1.47. The fourth-order valence-corrected chi connectivity index (χ4v) is 1.72. The van der Waals surface area contributed by atoms with Crippen LogP contribution in [0, 0.1) is 0 Å². The number of carboxylic acid groups (broad SMARTS) is 1. The average Bonchev–Trinajstić information content (AvgIpc) is 2.12. The number of carboxylic acids is 1. The number of hydrogen-bond acceptors (Lipinski definition) is 6. The van der Waals surface area contributed by atoms with Crippen LogP contribution in [0.15, 0.2) is 0 Å². The molecule has 0 fully saturated rings. The fourth-order valence-electron chi connectivity index (χ4n) is 1.72. The maximum atomic E-state index is 11.8. The first-order chi connectivity index (χ1) is 8.39. The normalized spacial score (nSPS) is 16.3. The van der Waals surface area contributed by atoms with Gasteiger partial charge in [0.2, 0.25) is 5.60 Å². The van der Waals surface area contributed by atoms with Crippen LogP contribution in [-0.4, -0.2) is 61.5 Å². The van der Waals surface area contributed by atoms with E-state index in [0.717, 1.165) is 0 Å². The quantitative estimate of drug-likeness (QED) is 0.427. The Kier molecular flexibility index (Phi) is 5.64. The van der Waals surface area contributed by atoms with Gasteiger partial charge in [0.1, 0.15) is 12.6 Å². The Morgan fingerprint density at radius 3 is 2.05 bits per heavy atom. The number of esters is 1. The molecule has 7 nitrogen and oxygen atoms in total. The van der Waals surface area contributed by atoms with Crippen molar-refractivity contribution in [2.75, 3.05) is 27.7 Å². The molecule has 0 amide bonds. The topological polar surface area (TPSA) is 110 Å². The molecular formula is C12H22N2O5. The second-order valence-corrected chi connectivity index (χ2v) is 5.76. The second kappa shape index (κ2) is 6.12. The number of ether oxygens (including phenoxy) is 1. The predicted molar refractivity (Wildman–Crippen MR) is 65.7 cm³/mol. The van der Waals surface area contributed by atoms with E-state index in [-0.39, 0.29) is 11.0 Å². The van der Waals surface area contributed by atoms with Crippen LogP contribution in [0.25, 0.3) is 0 Å². The monoisotopic (exact) mass is 274 g/mol. The molecule has 0 bridgehead atoms. The van der Waals surface area contributed by atoms with Crippen LogP contribution in [0.1, 0.15) is 20.3 Å². The van der Waals surface area contributed by atoms with Gasteiger partial charge in [0.15, 0.2) is 5.78 Å². The molecule has 2 N–H and O–H groups in total. The molecule has 7 heteroatoms. The van der Waals surface area contributed by atoms with Gasteiger partial charge in [-0.3, -0.25) is 9.59 Å². The lowest BCUT2D eigenvalue weighted by molar-refractivity contribution is -0.875. The number of hydrogen-bond donors (Lipinski definition) is 1. The Bertz CT molecular complexity index is 373. The standard InChI is InChI=1S/C12H22N2O5/c1-8(13)11(18)19-12(9(2)15,6-10(16)17)7-14(3,4)5/h8H,6-7,13H2,1-5H3/t8-,12+/m0/s1. The molecule has 0 heterocycles. The number of Topliss-reactive ketones (excluding diaryl/α,β-unsaturated/α-hetero) is 1. The van der Waals surface area contributed by atoms with Crippen LogP contribution < -0.4 is 10.8 Å². The Labute approximate surface area is 112 Å². The van der Waals surface area contributed by atoms with Gasteiger partial charge >= 0.3 is 5.97 Å². The smallest absolute Gasteiger partial charge is 0.323 e. The Morgan fingerprint density at radius 1 is 1.32 bits per heavy atom. The zero-order chi connectivity index (χ0) is 15.4. The van der Waals surface area contributed by atoms with Gasteiger partial charge < -0.3 is 24.9 Å². The highest BCUT2D eigenvalue weighted by atomic mass is 16.6. The third-order valence-corrected chi connectivity index (χ3v) is 2.47. The molecule has 0 rings (SSSR count). The molecule has 19 heavy (non-hydrogen) atoms. The van der Waals surface area contributed by atoms with E-state index in [1.165, 1.54) is 13.8 Å². The van der Waals surface area contributed by atoms with Gasteiger partial charge in [0.25, 0.3) is 0 Å². The minimum Gasteiger partial charge on any atom is -0.550 e. The van der Waals surface area contributed by atoms with E-state index in [9.17, 15) is 19.5 Å². The molecule has 110 valence electrons. The van der Waals surface area contributed by atoms with Crippen molar-refractivity contribution in [3.05, 3.63) is 0 Å². The van der Waals surface area contributed by atoms with Gasteiger partial charge in [0.05, 0.1) is 21.1 Å². The van der Waals surface area contributed by atoms with Crippen LogP contribution in [-0.2, 0) is 19.1 Å². The number of carbonyl (C=O) groups excluding carboxylic acids is 3. The minimum atomic E-state index is -1.75. The van der Waals surface area contributed by atoms with Crippen LogP contribution >= 0.6 is 0 Å².